The number of aromatic nitrogens is 2. The van der Waals surface area contributed by atoms with Crippen LogP contribution in [0.4, 0.5) is 0 Å². The van der Waals surface area contributed by atoms with Gasteiger partial charge >= 0.3 is 0 Å². The van der Waals surface area contributed by atoms with Crippen LogP contribution in [-0.2, 0) is 0 Å². The highest BCUT2D eigenvalue weighted by molar-refractivity contribution is 4.99. The molecule has 4 nitrogen and oxygen atoms in total. The Kier molecular flexibility index (Phi) is 2.31. The largest absolute Gasteiger partial charge is 0.338 e. The minimum Gasteiger partial charge on any atom is -0.338 e. The van der Waals surface area contributed by atoms with Crippen LogP contribution in [0.25, 0.3) is 0 Å². The number of nitrogens with two attached hydrogens (primary N) is 1. The quantitative estimate of drug-likeness (QED) is 0.754. The molecule has 72 valence electrons. The molecule has 0 bridgehead atoms. The van der Waals surface area contributed by atoms with Crippen molar-refractivity contribution in [3.8, 4) is 0 Å². The predicted octanol–water partition coefficient (Wildman–Crippen LogP) is 1.75. The highest BCUT2D eigenvalue weighted by Crippen LogP contribution is 2.32. The van der Waals surface area contributed by atoms with E-state index >= 15 is 0 Å². The zero-order valence-corrected chi connectivity index (χ0v) is 7.86. The minimum atomic E-state index is -0.150. The van der Waals surface area contributed by atoms with Gasteiger partial charge in [0.1, 0.15) is 0 Å². The highest BCUT2D eigenvalue weighted by atomic mass is 16.5. The van der Waals surface area contributed by atoms with Gasteiger partial charge in [0.15, 0.2) is 5.82 Å². The summed E-state index contributed by atoms with van der Waals surface area (Å²) in [5.74, 6) is 1.92. The second-order valence-electron chi connectivity index (χ2n) is 3.76. The molecule has 1 heterocycles. The van der Waals surface area contributed by atoms with Crippen LogP contribution in [0.2, 0.25) is 0 Å². The van der Waals surface area contributed by atoms with Crippen molar-refractivity contribution in [2.24, 2.45) is 5.73 Å². The van der Waals surface area contributed by atoms with Crippen molar-refractivity contribution in [2.75, 3.05) is 0 Å². The van der Waals surface area contributed by atoms with Crippen molar-refractivity contribution < 1.29 is 4.52 Å². The topological polar surface area (TPSA) is 64.9 Å². The molecule has 1 aromatic heterocycles. The zero-order valence-electron chi connectivity index (χ0n) is 7.86. The maximum absolute atomic E-state index is 5.63. The van der Waals surface area contributed by atoms with Crippen molar-refractivity contribution >= 4 is 0 Å². The third kappa shape index (κ3) is 1.72. The average molecular weight is 181 g/mol. The molecule has 13 heavy (non-hydrogen) atoms. The second-order valence-corrected chi connectivity index (χ2v) is 3.76. The van der Waals surface area contributed by atoms with Crippen LogP contribution >= 0.6 is 0 Å². The van der Waals surface area contributed by atoms with Gasteiger partial charge in [0.25, 0.3) is 0 Å². The maximum Gasteiger partial charge on any atom is 0.243 e. The van der Waals surface area contributed by atoms with E-state index in [-0.39, 0.29) is 6.04 Å². The van der Waals surface area contributed by atoms with Crippen LogP contribution in [0.3, 0.4) is 0 Å². The standard InChI is InChI=1S/C9H15N3O/c1-6(10)9-11-8(12-13-9)7-4-2-3-5-7/h6-7H,2-5,10H2,1H3/t6-/m1/s1. The number of nitrogens with zero attached hydrogens (tertiary/aromatic N) is 2. The molecule has 1 atom stereocenters. The van der Waals surface area contributed by atoms with Crippen molar-refractivity contribution in [3.05, 3.63) is 11.7 Å². The van der Waals surface area contributed by atoms with E-state index in [4.69, 9.17) is 10.3 Å². The summed E-state index contributed by atoms with van der Waals surface area (Å²) in [5, 5.41) is 3.95. The first-order chi connectivity index (χ1) is 6.27. The van der Waals surface area contributed by atoms with Gasteiger partial charge in [0.2, 0.25) is 5.89 Å². The molecule has 4 heteroatoms. The molecule has 0 spiro atoms. The average Bonchev–Trinajstić information content (AvgIpc) is 2.75. The van der Waals surface area contributed by atoms with Gasteiger partial charge in [0.05, 0.1) is 6.04 Å². The van der Waals surface area contributed by atoms with Gasteiger partial charge in [-0.2, -0.15) is 4.98 Å². The first kappa shape index (κ1) is 8.69. The Balaban J connectivity index is 2.12. The van der Waals surface area contributed by atoms with Crippen molar-refractivity contribution in [3.63, 3.8) is 0 Å². The molecule has 1 aliphatic carbocycles. The van der Waals surface area contributed by atoms with Crippen molar-refractivity contribution in [1.82, 2.24) is 10.1 Å². The smallest absolute Gasteiger partial charge is 0.243 e. The van der Waals surface area contributed by atoms with Crippen LogP contribution in [-0.4, -0.2) is 10.1 Å². The predicted molar refractivity (Wildman–Crippen MR) is 48.1 cm³/mol. The summed E-state index contributed by atoms with van der Waals surface area (Å²) >= 11 is 0. The molecule has 2 N–H and O–H groups in total. The van der Waals surface area contributed by atoms with Crippen LogP contribution in [0, 0.1) is 0 Å². The van der Waals surface area contributed by atoms with Gasteiger partial charge in [0, 0.05) is 5.92 Å². The van der Waals surface area contributed by atoms with E-state index in [1.165, 1.54) is 25.7 Å². The van der Waals surface area contributed by atoms with E-state index in [9.17, 15) is 0 Å². The summed E-state index contributed by atoms with van der Waals surface area (Å²) in [6.45, 7) is 1.85. The summed E-state index contributed by atoms with van der Waals surface area (Å²) in [4.78, 5) is 4.29. The molecular formula is C9H15N3O. The van der Waals surface area contributed by atoms with Crippen LogP contribution in [0.15, 0.2) is 4.52 Å². The van der Waals surface area contributed by atoms with E-state index in [2.05, 4.69) is 10.1 Å². The molecule has 1 fully saturated rings. The highest BCUT2D eigenvalue weighted by Gasteiger charge is 2.22. The second kappa shape index (κ2) is 3.46. The van der Waals surface area contributed by atoms with Gasteiger partial charge in [-0.1, -0.05) is 18.0 Å². The fraction of sp³-hybridized carbons (Fsp3) is 0.778. The third-order valence-corrected chi connectivity index (χ3v) is 2.57. The molecule has 2 rings (SSSR count). The molecule has 1 saturated carbocycles. The summed E-state index contributed by atoms with van der Waals surface area (Å²) in [6, 6.07) is -0.150. The molecule has 0 aliphatic heterocycles. The number of rotatable bonds is 2. The Labute approximate surface area is 77.5 Å². The fourth-order valence-corrected chi connectivity index (χ4v) is 1.78. The lowest BCUT2D eigenvalue weighted by Gasteiger charge is -1.99. The number of hydrogen-bond acceptors (Lipinski definition) is 4. The Morgan fingerprint density at radius 1 is 1.46 bits per heavy atom. The molecule has 0 saturated heterocycles. The van der Waals surface area contributed by atoms with Crippen LogP contribution in [0.1, 0.15) is 56.3 Å². The van der Waals surface area contributed by atoms with E-state index in [0.717, 1.165) is 5.82 Å². The molecule has 1 aromatic rings. The van der Waals surface area contributed by atoms with E-state index in [1.54, 1.807) is 0 Å². The minimum absolute atomic E-state index is 0.150. The van der Waals surface area contributed by atoms with Crippen LogP contribution in [0.5, 0.6) is 0 Å². The first-order valence-electron chi connectivity index (χ1n) is 4.86. The van der Waals surface area contributed by atoms with Gasteiger partial charge in [-0.3, -0.25) is 0 Å². The summed E-state index contributed by atoms with van der Waals surface area (Å²) in [6.07, 6.45) is 4.95. The normalized spacial score (nSPS) is 20.8. The zero-order chi connectivity index (χ0) is 9.26. The molecule has 0 unspecified atom stereocenters. The molecule has 0 aromatic carbocycles. The summed E-state index contributed by atoms with van der Waals surface area (Å²) < 4.78 is 5.05. The molecular weight excluding hydrogens is 166 g/mol. The summed E-state index contributed by atoms with van der Waals surface area (Å²) in [7, 11) is 0. The van der Waals surface area contributed by atoms with Gasteiger partial charge in [-0.25, -0.2) is 0 Å². The van der Waals surface area contributed by atoms with Crippen molar-refractivity contribution in [1.29, 1.82) is 0 Å². The van der Waals surface area contributed by atoms with Gasteiger partial charge in [-0.05, 0) is 19.8 Å². The molecule has 0 radical (unpaired) electrons. The number of hydrogen-bond donors (Lipinski definition) is 1. The fourth-order valence-electron chi connectivity index (χ4n) is 1.78. The van der Waals surface area contributed by atoms with E-state index in [0.29, 0.717) is 11.8 Å². The monoisotopic (exact) mass is 181 g/mol. The van der Waals surface area contributed by atoms with E-state index < -0.39 is 0 Å². The lowest BCUT2D eigenvalue weighted by Crippen LogP contribution is -2.05. The summed E-state index contributed by atoms with van der Waals surface area (Å²) in [5.41, 5.74) is 5.63. The lowest BCUT2D eigenvalue weighted by molar-refractivity contribution is 0.354. The molecule has 0 amide bonds. The Morgan fingerprint density at radius 2 is 2.15 bits per heavy atom. The first-order valence-corrected chi connectivity index (χ1v) is 4.86. The Morgan fingerprint density at radius 3 is 2.69 bits per heavy atom. The lowest BCUT2D eigenvalue weighted by atomic mass is 10.1. The maximum atomic E-state index is 5.63. The van der Waals surface area contributed by atoms with Crippen molar-refractivity contribution in [2.45, 2.75) is 44.6 Å². The van der Waals surface area contributed by atoms with Gasteiger partial charge in [-0.15, -0.1) is 0 Å². The Bertz CT molecular complexity index is 276. The van der Waals surface area contributed by atoms with Gasteiger partial charge < -0.3 is 10.3 Å². The third-order valence-electron chi connectivity index (χ3n) is 2.57. The Hall–Kier alpha value is -0.900. The molecule has 1 aliphatic rings. The van der Waals surface area contributed by atoms with E-state index in [1.807, 2.05) is 6.92 Å². The SMILES string of the molecule is C[C@@H](N)c1nc(C2CCCC2)no1. The van der Waals surface area contributed by atoms with Crippen LogP contribution < -0.4 is 5.73 Å².